The van der Waals surface area contributed by atoms with Crippen LogP contribution >= 0.6 is 0 Å². The monoisotopic (exact) mass is 339 g/mol. The number of phenolic OH excluding ortho intramolecular Hbond substituents is 1. The van der Waals surface area contributed by atoms with Gasteiger partial charge in [-0.1, -0.05) is 0 Å². The van der Waals surface area contributed by atoms with Crippen LogP contribution in [0.4, 0.5) is 21.7 Å². The van der Waals surface area contributed by atoms with E-state index in [1.54, 1.807) is 10.8 Å². The minimum Gasteiger partial charge on any atom is -0.506 e. The zero-order valence-corrected chi connectivity index (χ0v) is 12.2. The maximum Gasteiger partial charge on any atom is 0.326 e. The highest BCUT2D eigenvalue weighted by molar-refractivity contribution is 7.92. The molecule has 0 aliphatic carbocycles. The number of rotatable bonds is 3. The molecule has 1 aromatic carbocycles. The van der Waals surface area contributed by atoms with E-state index in [1.807, 2.05) is 0 Å². The lowest BCUT2D eigenvalue weighted by Crippen LogP contribution is -2.30. The molecular weight excluding hydrogens is 329 g/mol. The molecule has 120 valence electrons. The van der Waals surface area contributed by atoms with Crippen LogP contribution in [0.1, 0.15) is 0 Å². The van der Waals surface area contributed by atoms with Crippen LogP contribution in [-0.2, 0) is 15.0 Å². The Hall–Kier alpha value is -2.95. The number of nitrogens with zero attached hydrogens (tertiary/aromatic N) is 3. The van der Waals surface area contributed by atoms with E-state index >= 15 is 0 Å². The van der Waals surface area contributed by atoms with E-state index in [1.165, 1.54) is 12.4 Å². The molecule has 1 aliphatic heterocycles. The summed E-state index contributed by atoms with van der Waals surface area (Å²) in [7, 11) is -4.22. The van der Waals surface area contributed by atoms with Crippen molar-refractivity contribution in [1.82, 2.24) is 14.7 Å². The number of carbonyl (C=O) groups excluding carboxylic acids is 1. The average Bonchev–Trinajstić information content (AvgIpc) is 2.72. The van der Waals surface area contributed by atoms with Gasteiger partial charge in [-0.05, 0) is 12.1 Å². The van der Waals surface area contributed by atoms with E-state index in [4.69, 9.17) is 0 Å². The number of hydrogen-bond acceptors (Lipinski definition) is 7. The summed E-state index contributed by atoms with van der Waals surface area (Å²) >= 11 is 0. The quantitative estimate of drug-likeness (QED) is 0.732. The number of aromatic hydroxyl groups is 1. The van der Waals surface area contributed by atoms with Gasteiger partial charge in [0, 0.05) is 24.1 Å². The first-order valence-electron chi connectivity index (χ1n) is 6.27. The third kappa shape index (κ3) is 2.85. The number of phenols is 1. The molecule has 1 amide bonds. The van der Waals surface area contributed by atoms with Crippen molar-refractivity contribution in [3.63, 3.8) is 0 Å². The Balaban J connectivity index is 1.97. The molecule has 1 aliphatic rings. The maximum absolute atomic E-state index is 14.2. The van der Waals surface area contributed by atoms with E-state index in [2.05, 4.69) is 15.3 Å². The summed E-state index contributed by atoms with van der Waals surface area (Å²) in [6.45, 7) is -0.610. The number of amides is 1. The van der Waals surface area contributed by atoms with Crippen LogP contribution in [0, 0.1) is 5.82 Å². The second-order valence-corrected chi connectivity index (χ2v) is 6.16. The van der Waals surface area contributed by atoms with Crippen LogP contribution < -0.4 is 14.3 Å². The van der Waals surface area contributed by atoms with E-state index in [0.717, 1.165) is 12.1 Å². The smallest absolute Gasteiger partial charge is 0.326 e. The van der Waals surface area contributed by atoms with Gasteiger partial charge in [-0.2, -0.15) is 8.42 Å². The highest BCUT2D eigenvalue weighted by atomic mass is 32.2. The van der Waals surface area contributed by atoms with Crippen LogP contribution in [0.25, 0.3) is 0 Å². The first-order chi connectivity index (χ1) is 10.9. The number of carbonyl (C=O) groups is 1. The van der Waals surface area contributed by atoms with Crippen molar-refractivity contribution in [2.24, 2.45) is 0 Å². The summed E-state index contributed by atoms with van der Waals surface area (Å²) in [4.78, 5) is 19.0. The van der Waals surface area contributed by atoms with Gasteiger partial charge in [0.05, 0.1) is 0 Å². The molecule has 9 nitrogen and oxygen atoms in total. The van der Waals surface area contributed by atoms with E-state index in [9.17, 15) is 22.7 Å². The van der Waals surface area contributed by atoms with Crippen LogP contribution in [0.5, 0.6) is 5.75 Å². The average molecular weight is 339 g/mol. The number of benzene rings is 1. The largest absolute Gasteiger partial charge is 0.506 e. The van der Waals surface area contributed by atoms with Crippen molar-refractivity contribution in [3.05, 3.63) is 36.4 Å². The Morgan fingerprint density at radius 1 is 1.30 bits per heavy atom. The lowest BCUT2D eigenvalue weighted by atomic mass is 10.2. The first kappa shape index (κ1) is 15.0. The summed E-state index contributed by atoms with van der Waals surface area (Å²) in [5.74, 6) is -2.32. The fraction of sp³-hybridized carbons (Fsp3) is 0.0833. The minimum atomic E-state index is -4.22. The predicted molar refractivity (Wildman–Crippen MR) is 77.8 cm³/mol. The molecular formula is C12H10FN5O4S. The number of halogens is 1. The van der Waals surface area contributed by atoms with Gasteiger partial charge in [-0.3, -0.25) is 4.79 Å². The van der Waals surface area contributed by atoms with E-state index < -0.39 is 39.9 Å². The Morgan fingerprint density at radius 2 is 2.00 bits per heavy atom. The molecule has 1 aromatic heterocycles. The molecule has 1 saturated heterocycles. The van der Waals surface area contributed by atoms with Crippen molar-refractivity contribution in [1.29, 1.82) is 0 Å². The summed E-state index contributed by atoms with van der Waals surface area (Å²) in [5, 5.41) is 12.6. The van der Waals surface area contributed by atoms with Crippen molar-refractivity contribution >= 4 is 33.4 Å². The molecule has 0 saturated carbocycles. The van der Waals surface area contributed by atoms with Crippen LogP contribution in [0.3, 0.4) is 0 Å². The fourth-order valence-corrected chi connectivity index (χ4v) is 3.21. The lowest BCUT2D eigenvalue weighted by molar-refractivity contribution is -0.117. The van der Waals surface area contributed by atoms with Gasteiger partial charge in [-0.25, -0.2) is 23.4 Å². The van der Waals surface area contributed by atoms with Crippen molar-refractivity contribution in [2.45, 2.75) is 0 Å². The molecule has 0 bridgehead atoms. The van der Waals surface area contributed by atoms with Crippen LogP contribution in [-0.4, -0.2) is 35.9 Å². The first-order valence-corrected chi connectivity index (χ1v) is 7.71. The van der Waals surface area contributed by atoms with Gasteiger partial charge in [0.15, 0.2) is 5.82 Å². The second kappa shape index (κ2) is 5.35. The summed E-state index contributed by atoms with van der Waals surface area (Å²) in [5.41, 5.74) is -0.492. The molecule has 0 radical (unpaired) electrons. The molecule has 23 heavy (non-hydrogen) atoms. The zero-order chi connectivity index (χ0) is 16.6. The Morgan fingerprint density at radius 3 is 2.57 bits per heavy atom. The van der Waals surface area contributed by atoms with Gasteiger partial charge in [-0.15, -0.1) is 0 Å². The molecule has 0 spiro atoms. The topological polar surface area (TPSA) is 125 Å². The predicted octanol–water partition coefficient (Wildman–Crippen LogP) is 0.246. The molecule has 0 atom stereocenters. The Kier molecular flexibility index (Phi) is 3.48. The number of anilines is 3. The van der Waals surface area contributed by atoms with Crippen molar-refractivity contribution in [2.75, 3.05) is 16.2 Å². The van der Waals surface area contributed by atoms with Gasteiger partial charge < -0.3 is 10.4 Å². The summed E-state index contributed by atoms with van der Waals surface area (Å²) in [6, 6.07) is 3.66. The normalized spacial score (nSPS) is 16.2. The molecule has 3 N–H and O–H groups in total. The summed E-state index contributed by atoms with van der Waals surface area (Å²) in [6.07, 6.45) is 2.93. The maximum atomic E-state index is 14.2. The third-order valence-electron chi connectivity index (χ3n) is 2.93. The van der Waals surface area contributed by atoms with Crippen molar-refractivity contribution < 1.29 is 22.7 Å². The molecule has 11 heteroatoms. The molecule has 3 rings (SSSR count). The van der Waals surface area contributed by atoms with Gasteiger partial charge >= 0.3 is 10.2 Å². The summed E-state index contributed by atoms with van der Waals surface area (Å²) < 4.78 is 39.9. The highest BCUT2D eigenvalue weighted by Gasteiger charge is 2.37. The molecule has 2 aromatic rings. The van der Waals surface area contributed by atoms with Gasteiger partial charge in [0.1, 0.15) is 18.0 Å². The SMILES string of the molecule is O=C1CN(c2c(O)cc(Nc3ncccn3)cc2F)S(=O)(=O)N1. The lowest BCUT2D eigenvalue weighted by Gasteiger charge is -2.17. The standard InChI is InChI=1S/C12H10FN5O4S/c13-8-4-7(16-12-14-2-1-3-15-12)5-9(19)11(8)18-6-10(20)17-23(18,21)22/h1-5,19H,6H2,(H,17,20)(H,14,15,16). The third-order valence-corrected chi connectivity index (χ3v) is 4.31. The zero-order valence-electron chi connectivity index (χ0n) is 11.4. The minimum absolute atomic E-state index is 0.117. The van der Waals surface area contributed by atoms with Gasteiger partial charge in [0.25, 0.3) is 5.91 Å². The van der Waals surface area contributed by atoms with Crippen molar-refractivity contribution in [3.8, 4) is 5.75 Å². The fourth-order valence-electron chi connectivity index (χ4n) is 2.04. The number of aromatic nitrogens is 2. The van der Waals surface area contributed by atoms with Crippen LogP contribution in [0.15, 0.2) is 30.6 Å². The molecule has 1 fully saturated rings. The highest BCUT2D eigenvalue weighted by Crippen LogP contribution is 2.36. The van der Waals surface area contributed by atoms with Gasteiger partial charge in [0.2, 0.25) is 5.95 Å². The second-order valence-electron chi connectivity index (χ2n) is 4.56. The van der Waals surface area contributed by atoms with E-state index in [-0.39, 0.29) is 11.6 Å². The Bertz CT molecular complexity index is 851. The molecule has 2 heterocycles. The van der Waals surface area contributed by atoms with E-state index in [0.29, 0.717) is 4.31 Å². The number of hydrogen-bond donors (Lipinski definition) is 3. The molecule has 0 unspecified atom stereocenters. The van der Waals surface area contributed by atoms with Crippen LogP contribution in [0.2, 0.25) is 0 Å². The number of nitrogens with one attached hydrogen (secondary N) is 2. The Labute approximate surface area is 130 Å².